The Labute approximate surface area is 147 Å². The molecule has 0 saturated carbocycles. The van der Waals surface area contributed by atoms with Gasteiger partial charge in [-0.2, -0.15) is 10.4 Å². The second-order valence-corrected chi connectivity index (χ2v) is 6.26. The number of rotatable bonds is 4. The van der Waals surface area contributed by atoms with E-state index in [0.29, 0.717) is 11.4 Å². The van der Waals surface area contributed by atoms with E-state index in [2.05, 4.69) is 33.5 Å². The Kier molecular flexibility index (Phi) is 4.96. The number of nitriles is 1. The summed E-state index contributed by atoms with van der Waals surface area (Å²) in [7, 11) is 1.82. The van der Waals surface area contributed by atoms with Crippen LogP contribution in [0.4, 0.5) is 5.82 Å². The summed E-state index contributed by atoms with van der Waals surface area (Å²) in [4.78, 5) is 13.6. The van der Waals surface area contributed by atoms with Gasteiger partial charge in [-0.05, 0) is 29.7 Å². The van der Waals surface area contributed by atoms with Crippen LogP contribution in [0.3, 0.4) is 0 Å². The zero-order valence-electron chi connectivity index (χ0n) is 14.5. The van der Waals surface area contributed by atoms with Crippen molar-refractivity contribution in [1.29, 1.82) is 5.26 Å². The van der Waals surface area contributed by atoms with Gasteiger partial charge in [0.05, 0.1) is 17.3 Å². The van der Waals surface area contributed by atoms with Crippen LogP contribution in [0.5, 0.6) is 0 Å². The summed E-state index contributed by atoms with van der Waals surface area (Å²) in [5.74, 6) is 0.591. The molecular weight excluding hydrogens is 314 g/mol. The van der Waals surface area contributed by atoms with Crippen molar-refractivity contribution in [3.8, 4) is 6.07 Å². The third-order valence-electron chi connectivity index (χ3n) is 4.21. The average Bonchev–Trinajstić information content (AvgIpc) is 2.95. The Morgan fingerprint density at radius 2 is 2.24 bits per heavy atom. The number of aromatic nitrogens is 2. The van der Waals surface area contributed by atoms with Gasteiger partial charge < -0.3 is 5.32 Å². The molecule has 0 fully saturated rings. The van der Waals surface area contributed by atoms with E-state index in [9.17, 15) is 4.79 Å². The van der Waals surface area contributed by atoms with Gasteiger partial charge in [-0.1, -0.05) is 18.2 Å². The van der Waals surface area contributed by atoms with E-state index in [0.717, 1.165) is 42.9 Å². The standard InChI is InChI=1S/C19H21N5O/c1-14(25)21-19-10-18(22-23(19)2)17-7-4-8-24(13-17)12-16-6-3-5-15(9-16)11-20/h3,5-7,9-10H,4,8,12-13H2,1-2H3,(H,21,25). The molecule has 6 nitrogen and oxygen atoms in total. The van der Waals surface area contributed by atoms with Gasteiger partial charge in [0, 0.05) is 39.7 Å². The van der Waals surface area contributed by atoms with Crippen LogP contribution < -0.4 is 5.32 Å². The normalized spacial score (nSPS) is 14.7. The number of amides is 1. The van der Waals surface area contributed by atoms with Gasteiger partial charge in [-0.25, -0.2) is 0 Å². The summed E-state index contributed by atoms with van der Waals surface area (Å²) in [6.07, 6.45) is 3.17. The van der Waals surface area contributed by atoms with Gasteiger partial charge in [0.15, 0.2) is 0 Å². The molecule has 0 aliphatic carbocycles. The van der Waals surface area contributed by atoms with Gasteiger partial charge in [0.1, 0.15) is 5.82 Å². The zero-order valence-corrected chi connectivity index (χ0v) is 14.5. The minimum atomic E-state index is -0.105. The lowest BCUT2D eigenvalue weighted by Crippen LogP contribution is -2.29. The maximum Gasteiger partial charge on any atom is 0.222 e. The molecule has 1 aliphatic rings. The van der Waals surface area contributed by atoms with Crippen molar-refractivity contribution in [3.63, 3.8) is 0 Å². The first-order chi connectivity index (χ1) is 12.0. The molecule has 3 rings (SSSR count). The van der Waals surface area contributed by atoms with Crippen LogP contribution in [0.2, 0.25) is 0 Å². The lowest BCUT2D eigenvalue weighted by atomic mass is 10.0. The van der Waals surface area contributed by atoms with E-state index in [-0.39, 0.29) is 5.91 Å². The Morgan fingerprint density at radius 3 is 3.00 bits per heavy atom. The molecule has 25 heavy (non-hydrogen) atoms. The highest BCUT2D eigenvalue weighted by molar-refractivity contribution is 5.88. The van der Waals surface area contributed by atoms with Crippen LogP contribution in [-0.2, 0) is 18.4 Å². The molecule has 0 unspecified atom stereocenters. The van der Waals surface area contributed by atoms with Gasteiger partial charge in [0.2, 0.25) is 5.91 Å². The van der Waals surface area contributed by atoms with Crippen molar-refractivity contribution in [2.75, 3.05) is 18.4 Å². The van der Waals surface area contributed by atoms with Crippen molar-refractivity contribution in [2.24, 2.45) is 7.05 Å². The summed E-state index contributed by atoms with van der Waals surface area (Å²) in [6, 6.07) is 11.8. The second kappa shape index (κ2) is 7.32. The number of nitrogens with one attached hydrogen (secondary N) is 1. The van der Waals surface area contributed by atoms with Crippen LogP contribution >= 0.6 is 0 Å². The summed E-state index contributed by atoms with van der Waals surface area (Å²) in [5, 5.41) is 16.3. The molecule has 1 N–H and O–H groups in total. The summed E-state index contributed by atoms with van der Waals surface area (Å²) in [6.45, 7) is 4.07. The van der Waals surface area contributed by atoms with Crippen molar-refractivity contribution in [3.05, 3.63) is 53.2 Å². The van der Waals surface area contributed by atoms with Crippen LogP contribution in [0.15, 0.2) is 36.4 Å². The third-order valence-corrected chi connectivity index (χ3v) is 4.21. The topological polar surface area (TPSA) is 74.0 Å². The fourth-order valence-corrected chi connectivity index (χ4v) is 3.05. The predicted molar refractivity (Wildman–Crippen MR) is 96.5 cm³/mol. The SMILES string of the molecule is CC(=O)Nc1cc(C2=CCCN(Cc3cccc(C#N)c3)C2)nn1C. The molecule has 2 aromatic rings. The number of carbonyl (C=O) groups excluding carboxylic acids is 1. The molecule has 1 aromatic carbocycles. The van der Waals surface area contributed by atoms with Gasteiger partial charge >= 0.3 is 0 Å². The van der Waals surface area contributed by atoms with E-state index in [1.807, 2.05) is 31.3 Å². The number of benzene rings is 1. The second-order valence-electron chi connectivity index (χ2n) is 6.26. The van der Waals surface area contributed by atoms with Crippen LogP contribution in [0.25, 0.3) is 5.57 Å². The molecule has 0 saturated heterocycles. The zero-order chi connectivity index (χ0) is 17.8. The Morgan fingerprint density at radius 1 is 1.40 bits per heavy atom. The third kappa shape index (κ3) is 4.14. The lowest BCUT2D eigenvalue weighted by molar-refractivity contribution is -0.114. The van der Waals surface area contributed by atoms with Crippen molar-refractivity contribution >= 4 is 17.3 Å². The number of hydrogen-bond donors (Lipinski definition) is 1. The number of nitrogens with zero attached hydrogens (tertiary/aromatic N) is 4. The number of carbonyl (C=O) groups is 1. The Bertz CT molecular complexity index is 859. The molecule has 6 heteroatoms. The summed E-state index contributed by atoms with van der Waals surface area (Å²) in [5.41, 5.74) is 3.88. The van der Waals surface area contributed by atoms with E-state index in [1.54, 1.807) is 4.68 Å². The predicted octanol–water partition coefficient (Wildman–Crippen LogP) is 2.54. The molecule has 0 atom stereocenters. The molecule has 1 aromatic heterocycles. The molecule has 0 radical (unpaired) electrons. The molecule has 1 amide bonds. The van der Waals surface area contributed by atoms with E-state index < -0.39 is 0 Å². The minimum absolute atomic E-state index is 0.105. The lowest BCUT2D eigenvalue weighted by Gasteiger charge is -2.26. The molecule has 0 bridgehead atoms. The van der Waals surface area contributed by atoms with Gasteiger partial charge in [-0.15, -0.1) is 0 Å². The first-order valence-corrected chi connectivity index (χ1v) is 8.27. The summed E-state index contributed by atoms with van der Waals surface area (Å²) >= 11 is 0. The first-order valence-electron chi connectivity index (χ1n) is 8.27. The van der Waals surface area contributed by atoms with Crippen LogP contribution in [0, 0.1) is 11.3 Å². The fourth-order valence-electron chi connectivity index (χ4n) is 3.05. The molecule has 1 aliphatic heterocycles. The van der Waals surface area contributed by atoms with Crippen LogP contribution in [0.1, 0.15) is 30.2 Å². The van der Waals surface area contributed by atoms with Crippen molar-refractivity contribution in [2.45, 2.75) is 19.9 Å². The molecule has 0 spiro atoms. The Hall–Kier alpha value is -2.91. The fraction of sp³-hybridized carbons (Fsp3) is 0.316. The quantitative estimate of drug-likeness (QED) is 0.932. The van der Waals surface area contributed by atoms with Crippen molar-refractivity contribution < 1.29 is 4.79 Å². The highest BCUT2D eigenvalue weighted by atomic mass is 16.1. The van der Waals surface area contributed by atoms with Gasteiger partial charge in [-0.3, -0.25) is 14.4 Å². The molecule has 2 heterocycles. The van der Waals surface area contributed by atoms with E-state index in [1.165, 1.54) is 6.92 Å². The monoisotopic (exact) mass is 335 g/mol. The molecular formula is C19H21N5O. The highest BCUT2D eigenvalue weighted by Gasteiger charge is 2.17. The largest absolute Gasteiger partial charge is 0.311 e. The van der Waals surface area contributed by atoms with Crippen LogP contribution in [-0.4, -0.2) is 33.7 Å². The van der Waals surface area contributed by atoms with E-state index in [4.69, 9.17) is 5.26 Å². The Balaban J connectivity index is 1.72. The average molecular weight is 335 g/mol. The number of hydrogen-bond acceptors (Lipinski definition) is 4. The highest BCUT2D eigenvalue weighted by Crippen LogP contribution is 2.23. The van der Waals surface area contributed by atoms with E-state index >= 15 is 0 Å². The van der Waals surface area contributed by atoms with Gasteiger partial charge in [0.25, 0.3) is 0 Å². The maximum absolute atomic E-state index is 11.3. The minimum Gasteiger partial charge on any atom is -0.311 e. The molecule has 128 valence electrons. The maximum atomic E-state index is 11.3. The number of anilines is 1. The summed E-state index contributed by atoms with van der Waals surface area (Å²) < 4.78 is 1.69. The first kappa shape index (κ1) is 16.9. The number of aryl methyl sites for hydroxylation is 1. The smallest absolute Gasteiger partial charge is 0.222 e. The van der Waals surface area contributed by atoms with Crippen molar-refractivity contribution in [1.82, 2.24) is 14.7 Å².